The Labute approximate surface area is 120 Å². The Hall–Kier alpha value is -1.13. The van der Waals surface area contributed by atoms with E-state index in [0.717, 1.165) is 6.54 Å². The Morgan fingerprint density at radius 2 is 2.10 bits per heavy atom. The minimum Gasteiger partial charge on any atom is -0.494 e. The second-order valence-corrected chi connectivity index (χ2v) is 5.34. The lowest BCUT2D eigenvalue weighted by atomic mass is 9.97. The number of hydrogen-bond acceptors (Lipinski definition) is 3. The first-order valence-corrected chi connectivity index (χ1v) is 7.28. The number of nitrogens with one attached hydrogen (secondary N) is 1. The van der Waals surface area contributed by atoms with E-state index in [9.17, 15) is 4.39 Å². The SMILES string of the molecule is CCNC(Cc1cccc(OC)c1F)C(OC)C1CC1. The zero-order valence-corrected chi connectivity index (χ0v) is 12.5. The molecule has 1 aromatic rings. The van der Waals surface area contributed by atoms with Crippen LogP contribution in [-0.2, 0) is 11.2 Å². The van der Waals surface area contributed by atoms with Gasteiger partial charge in [0, 0.05) is 13.2 Å². The van der Waals surface area contributed by atoms with Gasteiger partial charge < -0.3 is 14.8 Å². The van der Waals surface area contributed by atoms with Crippen LogP contribution in [-0.4, -0.2) is 32.9 Å². The third-order valence-corrected chi connectivity index (χ3v) is 3.92. The van der Waals surface area contributed by atoms with E-state index in [-0.39, 0.29) is 18.0 Å². The van der Waals surface area contributed by atoms with Gasteiger partial charge >= 0.3 is 0 Å². The fraction of sp³-hybridized carbons (Fsp3) is 0.625. The number of likely N-dealkylation sites (N-methyl/N-ethyl adjacent to an activating group) is 1. The van der Waals surface area contributed by atoms with Gasteiger partial charge in [0.2, 0.25) is 0 Å². The molecule has 1 aliphatic carbocycles. The van der Waals surface area contributed by atoms with Crippen LogP contribution in [0.1, 0.15) is 25.3 Å². The van der Waals surface area contributed by atoms with Crippen LogP contribution in [0.5, 0.6) is 5.75 Å². The van der Waals surface area contributed by atoms with Gasteiger partial charge in [0.15, 0.2) is 11.6 Å². The number of benzene rings is 1. The van der Waals surface area contributed by atoms with Crippen molar-refractivity contribution in [1.82, 2.24) is 5.32 Å². The van der Waals surface area contributed by atoms with Crippen molar-refractivity contribution in [2.75, 3.05) is 20.8 Å². The highest BCUT2D eigenvalue weighted by molar-refractivity contribution is 5.31. The molecule has 4 heteroatoms. The van der Waals surface area contributed by atoms with Crippen LogP contribution in [0.25, 0.3) is 0 Å². The van der Waals surface area contributed by atoms with Gasteiger partial charge in [-0.1, -0.05) is 19.1 Å². The monoisotopic (exact) mass is 281 g/mol. The standard InChI is InChI=1S/C16H24FNO2/c1-4-18-13(16(20-3)11-8-9-11)10-12-6-5-7-14(19-2)15(12)17/h5-7,11,13,16,18H,4,8-10H2,1-3H3. The molecule has 0 aromatic heterocycles. The van der Waals surface area contributed by atoms with Crippen LogP contribution in [0.4, 0.5) is 4.39 Å². The summed E-state index contributed by atoms with van der Waals surface area (Å²) in [5.41, 5.74) is 0.679. The van der Waals surface area contributed by atoms with Crippen LogP contribution in [0.15, 0.2) is 18.2 Å². The number of rotatable bonds is 8. The summed E-state index contributed by atoms with van der Waals surface area (Å²) >= 11 is 0. The first-order chi connectivity index (χ1) is 9.71. The van der Waals surface area contributed by atoms with Crippen molar-refractivity contribution in [3.05, 3.63) is 29.6 Å². The van der Waals surface area contributed by atoms with Gasteiger partial charge in [-0.2, -0.15) is 0 Å². The molecule has 0 saturated heterocycles. The van der Waals surface area contributed by atoms with Crippen LogP contribution < -0.4 is 10.1 Å². The summed E-state index contributed by atoms with van der Waals surface area (Å²) in [6.45, 7) is 2.91. The molecule has 112 valence electrons. The molecule has 0 spiro atoms. The van der Waals surface area contributed by atoms with Gasteiger partial charge in [0.05, 0.1) is 13.2 Å². The smallest absolute Gasteiger partial charge is 0.168 e. The van der Waals surface area contributed by atoms with E-state index in [2.05, 4.69) is 12.2 Å². The molecular weight excluding hydrogens is 257 g/mol. The number of hydrogen-bond donors (Lipinski definition) is 1. The first kappa shape index (κ1) is 15.3. The van der Waals surface area contributed by atoms with Crippen molar-refractivity contribution in [3.8, 4) is 5.75 Å². The Morgan fingerprint density at radius 3 is 2.65 bits per heavy atom. The third kappa shape index (κ3) is 3.49. The highest BCUT2D eigenvalue weighted by Gasteiger charge is 2.36. The average molecular weight is 281 g/mol. The summed E-state index contributed by atoms with van der Waals surface area (Å²) in [4.78, 5) is 0. The maximum atomic E-state index is 14.3. The van der Waals surface area contributed by atoms with Crippen molar-refractivity contribution in [3.63, 3.8) is 0 Å². The lowest BCUT2D eigenvalue weighted by molar-refractivity contribution is 0.0513. The zero-order valence-electron chi connectivity index (χ0n) is 12.5. The fourth-order valence-electron chi connectivity index (χ4n) is 2.79. The summed E-state index contributed by atoms with van der Waals surface area (Å²) in [5, 5.41) is 3.44. The van der Waals surface area contributed by atoms with E-state index in [1.54, 1.807) is 13.2 Å². The highest BCUT2D eigenvalue weighted by atomic mass is 19.1. The van der Waals surface area contributed by atoms with E-state index in [4.69, 9.17) is 9.47 Å². The number of ether oxygens (including phenoxy) is 2. The Balaban J connectivity index is 2.14. The summed E-state index contributed by atoms with van der Waals surface area (Å²) in [7, 11) is 3.24. The molecule has 20 heavy (non-hydrogen) atoms. The second kappa shape index (κ2) is 7.04. The minimum absolute atomic E-state index is 0.138. The van der Waals surface area contributed by atoms with Gasteiger partial charge in [-0.3, -0.25) is 0 Å². The van der Waals surface area contributed by atoms with E-state index < -0.39 is 0 Å². The average Bonchev–Trinajstić information content (AvgIpc) is 3.27. The molecule has 1 aliphatic rings. The Kier molecular flexibility index (Phi) is 5.38. The molecule has 3 nitrogen and oxygen atoms in total. The zero-order chi connectivity index (χ0) is 14.5. The Bertz CT molecular complexity index is 434. The Morgan fingerprint density at radius 1 is 1.35 bits per heavy atom. The molecule has 2 unspecified atom stereocenters. The van der Waals surface area contributed by atoms with Crippen LogP contribution in [0.2, 0.25) is 0 Å². The van der Waals surface area contributed by atoms with Crippen LogP contribution in [0.3, 0.4) is 0 Å². The summed E-state index contributed by atoms with van der Waals surface area (Å²) in [5.74, 6) is 0.652. The molecule has 0 radical (unpaired) electrons. The molecule has 1 aromatic carbocycles. The fourth-order valence-corrected chi connectivity index (χ4v) is 2.79. The summed E-state index contributed by atoms with van der Waals surface area (Å²) in [6, 6.07) is 5.44. The van der Waals surface area contributed by atoms with Gasteiger partial charge in [0.1, 0.15) is 0 Å². The highest BCUT2D eigenvalue weighted by Crippen LogP contribution is 2.36. The molecule has 0 bridgehead atoms. The van der Waals surface area contributed by atoms with E-state index >= 15 is 0 Å². The molecule has 2 rings (SSSR count). The van der Waals surface area contributed by atoms with Gasteiger partial charge in [-0.25, -0.2) is 4.39 Å². The molecule has 1 fully saturated rings. The van der Waals surface area contributed by atoms with Gasteiger partial charge in [0.25, 0.3) is 0 Å². The molecule has 2 atom stereocenters. The third-order valence-electron chi connectivity index (χ3n) is 3.92. The molecule has 1 saturated carbocycles. The number of halogens is 1. The molecule has 0 amide bonds. The minimum atomic E-state index is -0.261. The largest absolute Gasteiger partial charge is 0.494 e. The van der Waals surface area contributed by atoms with Crippen molar-refractivity contribution in [1.29, 1.82) is 0 Å². The molecule has 1 N–H and O–H groups in total. The first-order valence-electron chi connectivity index (χ1n) is 7.28. The van der Waals surface area contributed by atoms with Crippen molar-refractivity contribution >= 4 is 0 Å². The maximum absolute atomic E-state index is 14.3. The topological polar surface area (TPSA) is 30.5 Å². The van der Waals surface area contributed by atoms with E-state index in [0.29, 0.717) is 23.7 Å². The van der Waals surface area contributed by atoms with Gasteiger partial charge in [-0.05, 0) is 43.4 Å². The number of methoxy groups -OCH3 is 2. The van der Waals surface area contributed by atoms with Crippen molar-refractivity contribution in [2.45, 2.75) is 38.3 Å². The predicted molar refractivity (Wildman–Crippen MR) is 77.6 cm³/mol. The lowest BCUT2D eigenvalue weighted by Crippen LogP contribution is -2.44. The maximum Gasteiger partial charge on any atom is 0.168 e. The lowest BCUT2D eigenvalue weighted by Gasteiger charge is -2.27. The predicted octanol–water partition coefficient (Wildman–Crippen LogP) is 2.78. The van der Waals surface area contributed by atoms with Gasteiger partial charge in [-0.15, -0.1) is 0 Å². The quantitative estimate of drug-likeness (QED) is 0.795. The molecular formula is C16H24FNO2. The van der Waals surface area contributed by atoms with E-state index in [1.807, 2.05) is 12.1 Å². The van der Waals surface area contributed by atoms with E-state index in [1.165, 1.54) is 20.0 Å². The normalized spacial score (nSPS) is 17.8. The second-order valence-electron chi connectivity index (χ2n) is 5.34. The molecule has 0 aliphatic heterocycles. The van der Waals surface area contributed by atoms with Crippen molar-refractivity contribution < 1.29 is 13.9 Å². The molecule has 0 heterocycles. The van der Waals surface area contributed by atoms with Crippen molar-refractivity contribution in [2.24, 2.45) is 5.92 Å². The summed E-state index contributed by atoms with van der Waals surface area (Å²) < 4.78 is 25.0. The van der Waals surface area contributed by atoms with Crippen LogP contribution >= 0.6 is 0 Å². The summed E-state index contributed by atoms with van der Waals surface area (Å²) in [6.07, 6.45) is 3.19. The van der Waals surface area contributed by atoms with Crippen LogP contribution in [0, 0.1) is 11.7 Å².